The van der Waals surface area contributed by atoms with Gasteiger partial charge in [-0.15, -0.1) is 0 Å². The lowest BCUT2D eigenvalue weighted by atomic mass is 9.95. The maximum Gasteiger partial charge on any atom is 0.0505 e. The van der Waals surface area contributed by atoms with Gasteiger partial charge in [0.2, 0.25) is 0 Å². The monoisotopic (exact) mass is 205 g/mol. The molecule has 1 saturated carbocycles. The molecule has 2 nitrogen and oxygen atoms in total. The standard InChI is InChI=1S/C13H19NO/c1-9-3-4-11(10(2)5-9)12-6-13(12,7-14)8-15/h3-5,12,15H,6-8,14H2,1-2H3. The van der Waals surface area contributed by atoms with E-state index in [1.54, 1.807) is 0 Å². The summed E-state index contributed by atoms with van der Waals surface area (Å²) in [6.45, 7) is 5.04. The van der Waals surface area contributed by atoms with Gasteiger partial charge >= 0.3 is 0 Å². The molecule has 0 spiro atoms. The minimum Gasteiger partial charge on any atom is -0.396 e. The summed E-state index contributed by atoms with van der Waals surface area (Å²) in [6.07, 6.45) is 1.03. The van der Waals surface area contributed by atoms with E-state index in [-0.39, 0.29) is 12.0 Å². The van der Waals surface area contributed by atoms with E-state index < -0.39 is 0 Å². The second-order valence-electron chi connectivity index (χ2n) is 4.84. The molecule has 15 heavy (non-hydrogen) atoms. The zero-order valence-electron chi connectivity index (χ0n) is 9.46. The molecular formula is C13H19NO. The van der Waals surface area contributed by atoms with Crippen molar-refractivity contribution < 1.29 is 5.11 Å². The summed E-state index contributed by atoms with van der Waals surface area (Å²) in [4.78, 5) is 0. The van der Waals surface area contributed by atoms with E-state index in [1.807, 2.05) is 0 Å². The number of benzene rings is 1. The quantitative estimate of drug-likeness (QED) is 0.789. The van der Waals surface area contributed by atoms with E-state index in [2.05, 4.69) is 32.0 Å². The summed E-state index contributed by atoms with van der Waals surface area (Å²) in [6, 6.07) is 6.52. The van der Waals surface area contributed by atoms with Crippen LogP contribution in [0.15, 0.2) is 18.2 Å². The van der Waals surface area contributed by atoms with Crippen molar-refractivity contribution in [3.8, 4) is 0 Å². The van der Waals surface area contributed by atoms with Crippen LogP contribution in [0.1, 0.15) is 29.0 Å². The molecule has 0 saturated heterocycles. The van der Waals surface area contributed by atoms with Crippen molar-refractivity contribution in [2.75, 3.05) is 13.2 Å². The Morgan fingerprint density at radius 2 is 2.20 bits per heavy atom. The first-order valence-electron chi connectivity index (χ1n) is 5.51. The van der Waals surface area contributed by atoms with Crippen LogP contribution < -0.4 is 5.73 Å². The molecule has 1 fully saturated rings. The molecule has 3 N–H and O–H groups in total. The Morgan fingerprint density at radius 1 is 1.47 bits per heavy atom. The van der Waals surface area contributed by atoms with Gasteiger partial charge in [0.05, 0.1) is 6.61 Å². The third-order valence-corrected chi connectivity index (χ3v) is 3.71. The summed E-state index contributed by atoms with van der Waals surface area (Å²) in [5.41, 5.74) is 9.67. The SMILES string of the molecule is Cc1ccc(C2CC2(CN)CO)c(C)c1. The highest BCUT2D eigenvalue weighted by Crippen LogP contribution is 2.58. The van der Waals surface area contributed by atoms with Gasteiger partial charge in [-0.05, 0) is 37.3 Å². The lowest BCUT2D eigenvalue weighted by Crippen LogP contribution is -2.21. The van der Waals surface area contributed by atoms with E-state index in [0.717, 1.165) is 6.42 Å². The summed E-state index contributed by atoms with van der Waals surface area (Å²) in [7, 11) is 0. The van der Waals surface area contributed by atoms with Crippen molar-refractivity contribution in [2.24, 2.45) is 11.1 Å². The van der Waals surface area contributed by atoms with E-state index in [0.29, 0.717) is 12.5 Å². The fraction of sp³-hybridized carbons (Fsp3) is 0.538. The minimum absolute atomic E-state index is 0.0278. The molecule has 0 aromatic heterocycles. The number of aryl methyl sites for hydroxylation is 2. The highest BCUT2D eigenvalue weighted by Gasteiger charge is 2.53. The lowest BCUT2D eigenvalue weighted by molar-refractivity contribution is 0.211. The van der Waals surface area contributed by atoms with Gasteiger partial charge in [-0.2, -0.15) is 0 Å². The van der Waals surface area contributed by atoms with Gasteiger partial charge < -0.3 is 10.8 Å². The summed E-state index contributed by atoms with van der Waals surface area (Å²) in [5, 5.41) is 9.35. The number of aliphatic hydroxyl groups excluding tert-OH is 1. The summed E-state index contributed by atoms with van der Waals surface area (Å²) < 4.78 is 0. The van der Waals surface area contributed by atoms with Crippen LogP contribution in [-0.4, -0.2) is 18.3 Å². The molecule has 0 aliphatic heterocycles. The van der Waals surface area contributed by atoms with Gasteiger partial charge in [-0.25, -0.2) is 0 Å². The van der Waals surface area contributed by atoms with Crippen molar-refractivity contribution in [3.05, 3.63) is 34.9 Å². The molecule has 1 aliphatic carbocycles. The van der Waals surface area contributed by atoms with Crippen molar-refractivity contribution in [3.63, 3.8) is 0 Å². The number of nitrogens with two attached hydrogens (primary N) is 1. The molecule has 2 rings (SSSR count). The first-order valence-corrected chi connectivity index (χ1v) is 5.51. The number of rotatable bonds is 3. The van der Waals surface area contributed by atoms with Crippen LogP contribution in [0.3, 0.4) is 0 Å². The average molecular weight is 205 g/mol. The Morgan fingerprint density at radius 3 is 2.67 bits per heavy atom. The molecule has 0 radical (unpaired) electrons. The summed E-state index contributed by atoms with van der Waals surface area (Å²) >= 11 is 0. The fourth-order valence-electron chi connectivity index (χ4n) is 2.47. The molecule has 2 atom stereocenters. The van der Waals surface area contributed by atoms with E-state index >= 15 is 0 Å². The third kappa shape index (κ3) is 1.68. The largest absolute Gasteiger partial charge is 0.396 e. The van der Waals surface area contributed by atoms with Crippen molar-refractivity contribution >= 4 is 0 Å². The maximum absolute atomic E-state index is 9.35. The van der Waals surface area contributed by atoms with E-state index in [1.165, 1.54) is 16.7 Å². The van der Waals surface area contributed by atoms with Crippen molar-refractivity contribution in [1.29, 1.82) is 0 Å². The predicted molar refractivity (Wildman–Crippen MR) is 61.8 cm³/mol. The smallest absolute Gasteiger partial charge is 0.0505 e. The number of aliphatic hydroxyl groups is 1. The van der Waals surface area contributed by atoms with Gasteiger partial charge in [-0.3, -0.25) is 0 Å². The Kier molecular flexibility index (Phi) is 2.57. The van der Waals surface area contributed by atoms with Gasteiger partial charge in [0, 0.05) is 12.0 Å². The van der Waals surface area contributed by atoms with Crippen molar-refractivity contribution in [1.82, 2.24) is 0 Å². The Labute approximate surface area is 91.1 Å². The van der Waals surface area contributed by atoms with Crippen LogP contribution in [0.5, 0.6) is 0 Å². The van der Waals surface area contributed by atoms with Crippen LogP contribution in [0.25, 0.3) is 0 Å². The van der Waals surface area contributed by atoms with Gasteiger partial charge in [0.1, 0.15) is 0 Å². The molecular weight excluding hydrogens is 186 g/mol. The van der Waals surface area contributed by atoms with Crippen LogP contribution in [0.4, 0.5) is 0 Å². The van der Waals surface area contributed by atoms with E-state index in [9.17, 15) is 5.11 Å². The highest BCUT2D eigenvalue weighted by atomic mass is 16.3. The van der Waals surface area contributed by atoms with Crippen LogP contribution >= 0.6 is 0 Å². The van der Waals surface area contributed by atoms with Crippen molar-refractivity contribution in [2.45, 2.75) is 26.2 Å². The molecule has 1 aromatic rings. The minimum atomic E-state index is -0.0278. The lowest BCUT2D eigenvalue weighted by Gasteiger charge is -2.13. The second kappa shape index (κ2) is 3.62. The fourth-order valence-corrected chi connectivity index (χ4v) is 2.47. The Bertz CT molecular complexity index is 369. The molecule has 82 valence electrons. The van der Waals surface area contributed by atoms with E-state index in [4.69, 9.17) is 5.73 Å². The second-order valence-corrected chi connectivity index (χ2v) is 4.84. The topological polar surface area (TPSA) is 46.2 Å². The van der Waals surface area contributed by atoms with Gasteiger partial charge in [-0.1, -0.05) is 23.8 Å². The van der Waals surface area contributed by atoms with Crippen LogP contribution in [0, 0.1) is 19.3 Å². The summed E-state index contributed by atoms with van der Waals surface area (Å²) in [5.74, 6) is 0.466. The molecule has 2 heteroatoms. The zero-order chi connectivity index (χ0) is 11.1. The molecule has 0 heterocycles. The maximum atomic E-state index is 9.35. The molecule has 2 unspecified atom stereocenters. The van der Waals surface area contributed by atoms with Gasteiger partial charge in [0.25, 0.3) is 0 Å². The third-order valence-electron chi connectivity index (χ3n) is 3.71. The Hall–Kier alpha value is -0.860. The molecule has 1 aromatic carbocycles. The first kappa shape index (κ1) is 10.7. The van der Waals surface area contributed by atoms with Gasteiger partial charge in [0.15, 0.2) is 0 Å². The predicted octanol–water partition coefficient (Wildman–Crippen LogP) is 1.73. The first-order chi connectivity index (χ1) is 7.13. The molecule has 0 bridgehead atoms. The average Bonchev–Trinajstić information content (AvgIpc) is 2.93. The van der Waals surface area contributed by atoms with Crippen LogP contribution in [-0.2, 0) is 0 Å². The molecule has 0 amide bonds. The molecule has 1 aliphatic rings. The normalized spacial score (nSPS) is 29.2. The Balaban J connectivity index is 2.26. The highest BCUT2D eigenvalue weighted by molar-refractivity contribution is 5.38. The number of hydrogen-bond donors (Lipinski definition) is 2. The number of hydrogen-bond acceptors (Lipinski definition) is 2. The zero-order valence-corrected chi connectivity index (χ0v) is 9.46. The van der Waals surface area contributed by atoms with Crippen LogP contribution in [0.2, 0.25) is 0 Å².